The van der Waals surface area contributed by atoms with E-state index in [0.717, 1.165) is 22.4 Å². The second-order valence-corrected chi connectivity index (χ2v) is 5.91. The molecule has 120 valence electrons. The number of aromatic nitrogens is 3. The fourth-order valence-corrected chi connectivity index (χ4v) is 2.90. The summed E-state index contributed by atoms with van der Waals surface area (Å²) in [5.74, 6) is 2.28. The monoisotopic (exact) mass is 339 g/mol. The van der Waals surface area contributed by atoms with Crippen LogP contribution < -0.4 is 4.74 Å². The lowest BCUT2D eigenvalue weighted by Gasteiger charge is -1.99. The first kappa shape index (κ1) is 14.8. The van der Waals surface area contributed by atoms with E-state index in [1.54, 1.807) is 7.11 Å². The maximum Gasteiger partial charge on any atom is 0.257 e. The predicted molar refractivity (Wildman–Crippen MR) is 89.9 cm³/mol. The summed E-state index contributed by atoms with van der Waals surface area (Å²) in [6, 6.07) is 15.2. The molecule has 0 aliphatic rings. The highest BCUT2D eigenvalue weighted by molar-refractivity contribution is 7.98. The van der Waals surface area contributed by atoms with E-state index in [4.69, 9.17) is 13.7 Å². The molecule has 0 bridgehead atoms. The minimum Gasteiger partial charge on any atom is -0.497 e. The number of hydrogen-bond donors (Lipinski definition) is 0. The Morgan fingerprint density at radius 3 is 2.88 bits per heavy atom. The highest BCUT2D eigenvalue weighted by atomic mass is 32.2. The molecule has 4 rings (SSSR count). The van der Waals surface area contributed by atoms with Crippen LogP contribution in [0.5, 0.6) is 5.75 Å². The molecule has 2 aromatic heterocycles. The number of rotatable bonds is 5. The Labute approximate surface area is 141 Å². The van der Waals surface area contributed by atoms with Crippen molar-refractivity contribution in [2.75, 3.05) is 7.11 Å². The van der Waals surface area contributed by atoms with Crippen LogP contribution in [0, 0.1) is 0 Å². The standard InChI is InChI=1S/C17H13N3O3S/c1-21-12-6-4-5-11(9-12)16-19-15(23-20-16)10-24-17-18-13-7-2-3-8-14(13)22-17/h2-9H,10H2,1H3. The first-order chi connectivity index (χ1) is 11.8. The smallest absolute Gasteiger partial charge is 0.257 e. The van der Waals surface area contributed by atoms with E-state index >= 15 is 0 Å². The zero-order valence-electron chi connectivity index (χ0n) is 12.8. The maximum atomic E-state index is 5.66. The van der Waals surface area contributed by atoms with Gasteiger partial charge in [-0.2, -0.15) is 4.98 Å². The summed E-state index contributed by atoms with van der Waals surface area (Å²) < 4.78 is 16.2. The zero-order valence-corrected chi connectivity index (χ0v) is 13.6. The van der Waals surface area contributed by atoms with Crippen LogP contribution in [-0.4, -0.2) is 22.2 Å². The molecule has 0 unspecified atom stereocenters. The Balaban J connectivity index is 1.48. The molecule has 6 nitrogen and oxygen atoms in total. The number of benzene rings is 2. The Hall–Kier alpha value is -2.80. The number of fused-ring (bicyclic) bond motifs is 1. The summed E-state index contributed by atoms with van der Waals surface area (Å²) >= 11 is 1.42. The highest BCUT2D eigenvalue weighted by Gasteiger charge is 2.12. The summed E-state index contributed by atoms with van der Waals surface area (Å²) in [5.41, 5.74) is 2.45. The number of hydrogen-bond acceptors (Lipinski definition) is 7. The maximum absolute atomic E-state index is 5.66. The third kappa shape index (κ3) is 2.98. The van der Waals surface area contributed by atoms with Crippen molar-refractivity contribution in [3.63, 3.8) is 0 Å². The molecular weight excluding hydrogens is 326 g/mol. The second kappa shape index (κ2) is 6.37. The molecule has 4 aromatic rings. The number of ether oxygens (including phenoxy) is 1. The van der Waals surface area contributed by atoms with E-state index in [9.17, 15) is 0 Å². The number of thioether (sulfide) groups is 1. The molecule has 0 amide bonds. The van der Waals surface area contributed by atoms with E-state index in [2.05, 4.69) is 15.1 Å². The minimum atomic E-state index is 0.490. The first-order valence-corrected chi connectivity index (χ1v) is 8.26. The fraction of sp³-hybridized carbons (Fsp3) is 0.118. The lowest BCUT2D eigenvalue weighted by molar-refractivity contribution is 0.391. The van der Waals surface area contributed by atoms with Gasteiger partial charge in [-0.3, -0.25) is 0 Å². The Morgan fingerprint density at radius 1 is 1.08 bits per heavy atom. The molecule has 0 fully saturated rings. The third-order valence-corrected chi connectivity index (χ3v) is 4.20. The van der Waals surface area contributed by atoms with Crippen molar-refractivity contribution in [3.05, 3.63) is 54.4 Å². The molecule has 0 N–H and O–H groups in total. The van der Waals surface area contributed by atoms with Gasteiger partial charge >= 0.3 is 0 Å². The van der Waals surface area contributed by atoms with Crippen molar-refractivity contribution in [3.8, 4) is 17.1 Å². The number of oxazole rings is 1. The molecule has 0 saturated carbocycles. The van der Waals surface area contributed by atoms with E-state index in [1.165, 1.54) is 11.8 Å². The SMILES string of the molecule is COc1cccc(-c2noc(CSc3nc4ccccc4o3)n2)c1. The van der Waals surface area contributed by atoms with Gasteiger partial charge in [-0.05, 0) is 24.3 Å². The normalized spacial score (nSPS) is 11.0. The minimum absolute atomic E-state index is 0.490. The summed E-state index contributed by atoms with van der Waals surface area (Å²) in [6.07, 6.45) is 0. The summed E-state index contributed by atoms with van der Waals surface area (Å²) in [4.78, 5) is 8.81. The zero-order chi connectivity index (χ0) is 16.4. The fourth-order valence-electron chi connectivity index (χ4n) is 2.23. The lowest BCUT2D eigenvalue weighted by atomic mass is 10.2. The van der Waals surface area contributed by atoms with E-state index in [0.29, 0.717) is 22.7 Å². The van der Waals surface area contributed by atoms with Crippen LogP contribution in [0.4, 0.5) is 0 Å². The quantitative estimate of drug-likeness (QED) is 0.505. The first-order valence-electron chi connectivity index (χ1n) is 7.27. The second-order valence-electron chi connectivity index (χ2n) is 4.98. The molecule has 0 spiro atoms. The van der Waals surface area contributed by atoms with Crippen LogP contribution in [0.3, 0.4) is 0 Å². The van der Waals surface area contributed by atoms with Crippen LogP contribution in [-0.2, 0) is 5.75 Å². The van der Waals surface area contributed by atoms with E-state index in [-0.39, 0.29) is 0 Å². The lowest BCUT2D eigenvalue weighted by Crippen LogP contribution is -1.86. The summed E-state index contributed by atoms with van der Waals surface area (Å²) in [6.45, 7) is 0. The third-order valence-electron chi connectivity index (χ3n) is 3.39. The predicted octanol–water partition coefficient (Wildman–Crippen LogP) is 4.18. The van der Waals surface area contributed by atoms with Gasteiger partial charge in [-0.15, -0.1) is 0 Å². The number of methoxy groups -OCH3 is 1. The van der Waals surface area contributed by atoms with Crippen molar-refractivity contribution in [2.45, 2.75) is 11.0 Å². The molecular formula is C17H13N3O3S. The van der Waals surface area contributed by atoms with Crippen LogP contribution in [0.25, 0.3) is 22.5 Å². The molecule has 0 atom stereocenters. The van der Waals surface area contributed by atoms with Gasteiger partial charge in [0.2, 0.25) is 11.7 Å². The molecule has 0 saturated heterocycles. The van der Waals surface area contributed by atoms with Crippen LogP contribution in [0.15, 0.2) is 62.7 Å². The van der Waals surface area contributed by atoms with Crippen molar-refractivity contribution in [2.24, 2.45) is 0 Å². The van der Waals surface area contributed by atoms with Gasteiger partial charge in [-0.1, -0.05) is 41.2 Å². The number of nitrogens with zero attached hydrogens (tertiary/aromatic N) is 3. The Kier molecular flexibility index (Phi) is 3.92. The molecule has 0 aliphatic carbocycles. The molecule has 0 aliphatic heterocycles. The van der Waals surface area contributed by atoms with Gasteiger partial charge in [0.1, 0.15) is 11.3 Å². The van der Waals surface area contributed by atoms with Gasteiger partial charge < -0.3 is 13.7 Å². The number of para-hydroxylation sites is 2. The van der Waals surface area contributed by atoms with Crippen molar-refractivity contribution < 1.29 is 13.7 Å². The Bertz CT molecular complexity index is 947. The average Bonchev–Trinajstić information content (AvgIpc) is 3.26. The van der Waals surface area contributed by atoms with Crippen LogP contribution >= 0.6 is 11.8 Å². The van der Waals surface area contributed by atoms with Crippen LogP contribution in [0.2, 0.25) is 0 Å². The Morgan fingerprint density at radius 2 is 2.00 bits per heavy atom. The van der Waals surface area contributed by atoms with Crippen LogP contribution in [0.1, 0.15) is 5.89 Å². The van der Waals surface area contributed by atoms with E-state index < -0.39 is 0 Å². The van der Waals surface area contributed by atoms with Gasteiger partial charge in [-0.25, -0.2) is 4.98 Å². The molecule has 24 heavy (non-hydrogen) atoms. The van der Waals surface area contributed by atoms with Crippen molar-refractivity contribution >= 4 is 22.9 Å². The summed E-state index contributed by atoms with van der Waals surface area (Å²) in [7, 11) is 1.62. The summed E-state index contributed by atoms with van der Waals surface area (Å²) in [5, 5.41) is 4.59. The van der Waals surface area contributed by atoms with Gasteiger partial charge in [0, 0.05) is 5.56 Å². The van der Waals surface area contributed by atoms with Gasteiger partial charge in [0.15, 0.2) is 5.58 Å². The molecule has 2 heterocycles. The van der Waals surface area contributed by atoms with Gasteiger partial charge in [0.25, 0.3) is 5.22 Å². The average molecular weight is 339 g/mol. The topological polar surface area (TPSA) is 74.2 Å². The van der Waals surface area contributed by atoms with E-state index in [1.807, 2.05) is 48.5 Å². The molecule has 7 heteroatoms. The van der Waals surface area contributed by atoms with Crippen molar-refractivity contribution in [1.29, 1.82) is 0 Å². The van der Waals surface area contributed by atoms with Gasteiger partial charge in [0.05, 0.1) is 12.9 Å². The largest absolute Gasteiger partial charge is 0.497 e. The van der Waals surface area contributed by atoms with Crippen molar-refractivity contribution in [1.82, 2.24) is 15.1 Å². The molecule has 0 radical (unpaired) electrons. The highest BCUT2D eigenvalue weighted by Crippen LogP contribution is 2.27. The molecule has 2 aromatic carbocycles.